The fourth-order valence-corrected chi connectivity index (χ4v) is 3.17. The molecule has 2 fully saturated rings. The molecule has 2 atom stereocenters. The number of piperidine rings is 2. The highest BCUT2D eigenvalue weighted by Crippen LogP contribution is 2.32. The first kappa shape index (κ1) is 11.2. The van der Waals surface area contributed by atoms with Gasteiger partial charge in [-0.1, -0.05) is 12.5 Å². The zero-order valence-electron chi connectivity index (χ0n) is 9.91. The normalized spacial score (nSPS) is 36.5. The van der Waals surface area contributed by atoms with Crippen LogP contribution in [0.15, 0.2) is 12.7 Å². The molecule has 2 unspecified atom stereocenters. The Hall–Kier alpha value is -0.340. The fourth-order valence-electron chi connectivity index (χ4n) is 3.17. The van der Waals surface area contributed by atoms with Crippen LogP contribution in [0.1, 0.15) is 38.5 Å². The van der Waals surface area contributed by atoms with Crippen LogP contribution in [-0.2, 0) is 0 Å². The van der Waals surface area contributed by atoms with Crippen molar-refractivity contribution in [2.24, 2.45) is 0 Å². The molecule has 2 nitrogen and oxygen atoms in total. The third kappa shape index (κ3) is 2.61. The van der Waals surface area contributed by atoms with Gasteiger partial charge < -0.3 is 10.2 Å². The van der Waals surface area contributed by atoms with Gasteiger partial charge in [0.1, 0.15) is 0 Å². The molecule has 2 rings (SSSR count). The molecule has 0 spiro atoms. The zero-order chi connectivity index (χ0) is 10.7. The third-order valence-electron chi connectivity index (χ3n) is 4.12. The largest absolute Gasteiger partial charge is 0.314 e. The van der Waals surface area contributed by atoms with Crippen LogP contribution in [0.5, 0.6) is 0 Å². The van der Waals surface area contributed by atoms with Gasteiger partial charge in [0.15, 0.2) is 0 Å². The molecule has 2 aliphatic rings. The SMILES string of the molecule is C=CCCNC1CC2CCCC(C1)N2C. The van der Waals surface area contributed by atoms with Crippen molar-refractivity contribution in [1.82, 2.24) is 10.2 Å². The van der Waals surface area contributed by atoms with E-state index < -0.39 is 0 Å². The van der Waals surface area contributed by atoms with Crippen molar-refractivity contribution >= 4 is 0 Å². The summed E-state index contributed by atoms with van der Waals surface area (Å²) in [4.78, 5) is 2.62. The van der Waals surface area contributed by atoms with E-state index in [1.54, 1.807) is 0 Å². The molecule has 0 aromatic heterocycles. The van der Waals surface area contributed by atoms with Gasteiger partial charge in [-0.25, -0.2) is 0 Å². The van der Waals surface area contributed by atoms with Crippen molar-refractivity contribution in [3.8, 4) is 0 Å². The molecule has 0 amide bonds. The highest BCUT2D eigenvalue weighted by molar-refractivity contribution is 4.93. The summed E-state index contributed by atoms with van der Waals surface area (Å²) in [7, 11) is 2.31. The van der Waals surface area contributed by atoms with Crippen molar-refractivity contribution in [1.29, 1.82) is 0 Å². The smallest absolute Gasteiger partial charge is 0.0110 e. The summed E-state index contributed by atoms with van der Waals surface area (Å²) in [6, 6.07) is 2.45. The van der Waals surface area contributed by atoms with E-state index in [1.165, 1.54) is 32.1 Å². The predicted molar refractivity (Wildman–Crippen MR) is 65.0 cm³/mol. The Kier molecular flexibility index (Phi) is 3.81. The zero-order valence-corrected chi connectivity index (χ0v) is 9.91. The van der Waals surface area contributed by atoms with Gasteiger partial charge >= 0.3 is 0 Å². The topological polar surface area (TPSA) is 15.3 Å². The average Bonchev–Trinajstić information content (AvgIpc) is 2.19. The van der Waals surface area contributed by atoms with Gasteiger partial charge in [-0.3, -0.25) is 0 Å². The lowest BCUT2D eigenvalue weighted by atomic mass is 9.82. The molecule has 0 radical (unpaired) electrons. The van der Waals surface area contributed by atoms with Crippen LogP contribution in [0.2, 0.25) is 0 Å². The number of nitrogens with zero attached hydrogens (tertiary/aromatic N) is 1. The van der Waals surface area contributed by atoms with Crippen LogP contribution in [0.25, 0.3) is 0 Å². The summed E-state index contributed by atoms with van der Waals surface area (Å²) < 4.78 is 0. The molecule has 0 aromatic rings. The molecule has 86 valence electrons. The number of nitrogens with one attached hydrogen (secondary N) is 1. The van der Waals surface area contributed by atoms with Crippen LogP contribution in [0.4, 0.5) is 0 Å². The second kappa shape index (κ2) is 5.13. The Morgan fingerprint density at radius 1 is 1.33 bits per heavy atom. The summed E-state index contributed by atoms with van der Waals surface area (Å²) in [5.74, 6) is 0. The highest BCUT2D eigenvalue weighted by atomic mass is 15.2. The van der Waals surface area contributed by atoms with Crippen LogP contribution in [0.3, 0.4) is 0 Å². The van der Waals surface area contributed by atoms with Gasteiger partial charge in [-0.2, -0.15) is 0 Å². The van der Waals surface area contributed by atoms with Gasteiger partial charge in [-0.05, 0) is 45.7 Å². The van der Waals surface area contributed by atoms with Crippen LogP contribution >= 0.6 is 0 Å². The number of hydrogen-bond acceptors (Lipinski definition) is 2. The lowest BCUT2D eigenvalue weighted by molar-refractivity contribution is 0.0488. The molecule has 2 heterocycles. The molecule has 15 heavy (non-hydrogen) atoms. The average molecular weight is 208 g/mol. The van der Waals surface area contributed by atoms with Crippen molar-refractivity contribution < 1.29 is 0 Å². The molecule has 0 aliphatic carbocycles. The Labute approximate surface area is 93.7 Å². The van der Waals surface area contributed by atoms with Gasteiger partial charge in [0.05, 0.1) is 0 Å². The Balaban J connectivity index is 1.82. The van der Waals surface area contributed by atoms with Crippen LogP contribution in [-0.4, -0.2) is 36.6 Å². The van der Waals surface area contributed by atoms with Crippen molar-refractivity contribution in [2.75, 3.05) is 13.6 Å². The maximum Gasteiger partial charge on any atom is 0.0110 e. The first-order valence-corrected chi connectivity index (χ1v) is 6.37. The predicted octanol–water partition coefficient (Wildman–Crippen LogP) is 2.17. The summed E-state index contributed by atoms with van der Waals surface area (Å²) in [6.07, 6.45) is 10.1. The van der Waals surface area contributed by atoms with Gasteiger partial charge in [0.2, 0.25) is 0 Å². The Morgan fingerprint density at radius 3 is 2.60 bits per heavy atom. The number of rotatable bonds is 4. The molecule has 0 saturated carbocycles. The van der Waals surface area contributed by atoms with E-state index in [1.807, 2.05) is 6.08 Å². The molecular formula is C13H24N2. The molecule has 2 heteroatoms. The minimum atomic E-state index is 0.761. The van der Waals surface area contributed by atoms with Gasteiger partial charge in [-0.15, -0.1) is 6.58 Å². The van der Waals surface area contributed by atoms with E-state index in [-0.39, 0.29) is 0 Å². The van der Waals surface area contributed by atoms with E-state index in [9.17, 15) is 0 Å². The van der Waals surface area contributed by atoms with Crippen LogP contribution < -0.4 is 5.32 Å². The highest BCUT2D eigenvalue weighted by Gasteiger charge is 2.35. The Morgan fingerprint density at radius 2 is 2.00 bits per heavy atom. The summed E-state index contributed by atoms with van der Waals surface area (Å²) >= 11 is 0. The van der Waals surface area contributed by atoms with E-state index in [4.69, 9.17) is 0 Å². The van der Waals surface area contributed by atoms with Crippen LogP contribution in [0, 0.1) is 0 Å². The molecule has 2 aliphatic heterocycles. The number of hydrogen-bond donors (Lipinski definition) is 1. The molecule has 1 N–H and O–H groups in total. The molecule has 2 bridgehead atoms. The summed E-state index contributed by atoms with van der Waals surface area (Å²) in [5, 5.41) is 3.67. The monoisotopic (exact) mass is 208 g/mol. The van der Waals surface area contributed by atoms with Crippen molar-refractivity contribution in [3.63, 3.8) is 0 Å². The lowest BCUT2D eigenvalue weighted by Gasteiger charge is -2.47. The van der Waals surface area contributed by atoms with Gasteiger partial charge in [0.25, 0.3) is 0 Å². The maximum absolute atomic E-state index is 3.76. The van der Waals surface area contributed by atoms with Crippen molar-refractivity contribution in [3.05, 3.63) is 12.7 Å². The summed E-state index contributed by atoms with van der Waals surface area (Å²) in [6.45, 7) is 4.87. The minimum Gasteiger partial charge on any atom is -0.314 e. The second-order valence-corrected chi connectivity index (χ2v) is 5.10. The van der Waals surface area contributed by atoms with Crippen molar-refractivity contribution in [2.45, 2.75) is 56.7 Å². The molecule has 2 saturated heterocycles. The van der Waals surface area contributed by atoms with Gasteiger partial charge in [0, 0.05) is 18.1 Å². The molecule has 0 aromatic carbocycles. The first-order chi connectivity index (χ1) is 7.31. The third-order valence-corrected chi connectivity index (χ3v) is 4.12. The minimum absolute atomic E-state index is 0.761. The Bertz CT molecular complexity index is 201. The first-order valence-electron chi connectivity index (χ1n) is 6.37. The van der Waals surface area contributed by atoms with E-state index in [0.29, 0.717) is 0 Å². The second-order valence-electron chi connectivity index (χ2n) is 5.10. The quantitative estimate of drug-likeness (QED) is 0.562. The van der Waals surface area contributed by atoms with E-state index >= 15 is 0 Å². The summed E-state index contributed by atoms with van der Waals surface area (Å²) in [5.41, 5.74) is 0. The van der Waals surface area contributed by atoms with E-state index in [0.717, 1.165) is 31.1 Å². The standard InChI is InChI=1S/C13H24N2/c1-3-4-8-14-11-9-12-6-5-7-13(10-11)15(12)2/h3,11-14H,1,4-10H2,2H3. The van der Waals surface area contributed by atoms with E-state index in [2.05, 4.69) is 23.8 Å². The lowest BCUT2D eigenvalue weighted by Crippen LogP contribution is -2.54. The number of fused-ring (bicyclic) bond motifs is 2. The molecular weight excluding hydrogens is 184 g/mol. The maximum atomic E-state index is 3.76. The fraction of sp³-hybridized carbons (Fsp3) is 0.846.